The molecule has 0 radical (unpaired) electrons. The predicted octanol–water partition coefficient (Wildman–Crippen LogP) is 3.74. The molecule has 3 rings (SSSR count). The van der Waals surface area contributed by atoms with Crippen LogP contribution in [0.25, 0.3) is 0 Å². The molecule has 0 saturated heterocycles. The number of hydrogen-bond donors (Lipinski definition) is 1. The van der Waals surface area contributed by atoms with Gasteiger partial charge in [-0.25, -0.2) is 5.01 Å². The highest BCUT2D eigenvalue weighted by Crippen LogP contribution is 2.33. The summed E-state index contributed by atoms with van der Waals surface area (Å²) < 4.78 is 5.20. The normalized spacial score (nSPS) is 17.0. The fourth-order valence-corrected chi connectivity index (χ4v) is 2.91. The number of hydrogen-bond acceptors (Lipinski definition) is 3. The van der Waals surface area contributed by atoms with Crippen molar-refractivity contribution in [2.75, 3.05) is 7.11 Å². The van der Waals surface area contributed by atoms with Gasteiger partial charge < -0.3 is 10.5 Å². The molecule has 0 fully saturated rings. The second kappa shape index (κ2) is 6.56. The second-order valence-corrected chi connectivity index (χ2v) is 6.08. The summed E-state index contributed by atoms with van der Waals surface area (Å²) in [6.07, 6.45) is 0.727. The molecule has 0 aromatic heterocycles. The van der Waals surface area contributed by atoms with Crippen LogP contribution in [0, 0.1) is 0 Å². The summed E-state index contributed by atoms with van der Waals surface area (Å²) in [4.78, 5) is 0. The summed E-state index contributed by atoms with van der Waals surface area (Å²) in [5, 5.41) is 7.25. The van der Waals surface area contributed by atoms with Crippen molar-refractivity contribution in [1.29, 1.82) is 0 Å². The molecule has 118 valence electrons. The molecule has 1 aliphatic heterocycles. The number of halogens is 1. The van der Waals surface area contributed by atoms with Crippen LogP contribution in [0.5, 0.6) is 5.75 Å². The van der Waals surface area contributed by atoms with E-state index in [0.29, 0.717) is 5.02 Å². The van der Waals surface area contributed by atoms with Gasteiger partial charge in [-0.05, 0) is 47.6 Å². The van der Waals surface area contributed by atoms with Gasteiger partial charge in [0, 0.05) is 11.4 Å². The van der Waals surface area contributed by atoms with Crippen LogP contribution in [0.1, 0.15) is 23.6 Å². The molecular weight excluding hydrogens is 330 g/mol. The maximum Gasteiger partial charge on any atom is 0.187 e. The molecule has 0 spiro atoms. The SMILES string of the molecule is COc1ccc([C@@H]2CC(c3ccc(Cl)cc3)=NN2C(N)=S)cc1. The zero-order valence-corrected chi connectivity index (χ0v) is 14.1. The number of methoxy groups -OCH3 is 1. The molecule has 2 N–H and O–H groups in total. The van der Waals surface area contributed by atoms with E-state index in [4.69, 9.17) is 34.3 Å². The van der Waals surface area contributed by atoms with Crippen molar-refractivity contribution in [1.82, 2.24) is 5.01 Å². The van der Waals surface area contributed by atoms with E-state index in [0.717, 1.165) is 29.0 Å². The zero-order chi connectivity index (χ0) is 16.4. The molecule has 2 aromatic rings. The van der Waals surface area contributed by atoms with Gasteiger partial charge >= 0.3 is 0 Å². The van der Waals surface area contributed by atoms with Crippen LogP contribution >= 0.6 is 23.8 Å². The lowest BCUT2D eigenvalue weighted by atomic mass is 9.98. The molecule has 1 atom stereocenters. The molecule has 0 saturated carbocycles. The number of benzene rings is 2. The average molecular weight is 346 g/mol. The molecule has 2 aromatic carbocycles. The van der Waals surface area contributed by atoms with E-state index in [9.17, 15) is 0 Å². The van der Waals surface area contributed by atoms with E-state index in [2.05, 4.69) is 5.10 Å². The summed E-state index contributed by atoms with van der Waals surface area (Å²) in [5.41, 5.74) is 8.90. The summed E-state index contributed by atoms with van der Waals surface area (Å²) >= 11 is 11.1. The molecule has 1 heterocycles. The quantitative estimate of drug-likeness (QED) is 0.861. The minimum absolute atomic E-state index is 0.0101. The summed E-state index contributed by atoms with van der Waals surface area (Å²) in [6.45, 7) is 0. The maximum absolute atomic E-state index is 5.95. The number of nitrogens with zero attached hydrogens (tertiary/aromatic N) is 2. The van der Waals surface area contributed by atoms with E-state index in [1.54, 1.807) is 12.1 Å². The third-order valence-corrected chi connectivity index (χ3v) is 4.25. The molecular formula is C17H16ClN3OS. The van der Waals surface area contributed by atoms with Gasteiger partial charge in [0.05, 0.1) is 18.9 Å². The van der Waals surface area contributed by atoms with Crippen LogP contribution in [-0.2, 0) is 0 Å². The number of hydrazone groups is 1. The Hall–Kier alpha value is -2.11. The summed E-state index contributed by atoms with van der Waals surface area (Å²) in [6, 6.07) is 15.5. The van der Waals surface area contributed by atoms with Crippen LogP contribution in [0.3, 0.4) is 0 Å². The monoisotopic (exact) mass is 345 g/mol. The van der Waals surface area contributed by atoms with Crippen molar-refractivity contribution in [3.8, 4) is 5.75 Å². The largest absolute Gasteiger partial charge is 0.497 e. The minimum atomic E-state index is -0.0101. The summed E-state index contributed by atoms with van der Waals surface area (Å²) in [7, 11) is 1.65. The molecule has 4 nitrogen and oxygen atoms in total. The second-order valence-electron chi connectivity index (χ2n) is 5.23. The maximum atomic E-state index is 5.95. The van der Waals surface area contributed by atoms with Crippen LogP contribution in [0.2, 0.25) is 5.02 Å². The Bertz CT molecular complexity index is 743. The van der Waals surface area contributed by atoms with Crippen molar-refractivity contribution in [2.45, 2.75) is 12.5 Å². The van der Waals surface area contributed by atoms with E-state index < -0.39 is 0 Å². The highest BCUT2D eigenvalue weighted by atomic mass is 35.5. The molecule has 23 heavy (non-hydrogen) atoms. The molecule has 1 aliphatic rings. The standard InChI is InChI=1S/C17H16ClN3OS/c1-22-14-8-4-12(5-9-14)16-10-15(20-21(16)17(19)23)11-2-6-13(18)7-3-11/h2-9,16H,10H2,1H3,(H2,19,23)/t16-/m0/s1. The Morgan fingerprint density at radius 2 is 1.87 bits per heavy atom. The van der Waals surface area contributed by atoms with Gasteiger partial charge in [-0.15, -0.1) is 0 Å². The summed E-state index contributed by atoms with van der Waals surface area (Å²) in [5.74, 6) is 0.812. The predicted molar refractivity (Wildman–Crippen MR) is 97.0 cm³/mol. The van der Waals surface area contributed by atoms with E-state index >= 15 is 0 Å². The van der Waals surface area contributed by atoms with Crippen LogP contribution in [0.15, 0.2) is 53.6 Å². The first-order valence-electron chi connectivity index (χ1n) is 7.14. The number of nitrogens with two attached hydrogens (primary N) is 1. The first-order valence-corrected chi connectivity index (χ1v) is 7.93. The fraction of sp³-hybridized carbons (Fsp3) is 0.176. The van der Waals surface area contributed by atoms with Crippen molar-refractivity contribution in [3.63, 3.8) is 0 Å². The topological polar surface area (TPSA) is 50.8 Å². The van der Waals surface area contributed by atoms with Gasteiger partial charge in [0.25, 0.3) is 0 Å². The van der Waals surface area contributed by atoms with Gasteiger partial charge in [-0.2, -0.15) is 5.10 Å². The van der Waals surface area contributed by atoms with E-state index in [1.807, 2.05) is 48.5 Å². The van der Waals surface area contributed by atoms with Crippen molar-refractivity contribution < 1.29 is 4.74 Å². The Morgan fingerprint density at radius 1 is 1.22 bits per heavy atom. The van der Waals surface area contributed by atoms with Gasteiger partial charge in [0.15, 0.2) is 5.11 Å². The first-order chi connectivity index (χ1) is 11.1. The van der Waals surface area contributed by atoms with E-state index in [-0.39, 0.29) is 11.2 Å². The first kappa shape index (κ1) is 15.8. The van der Waals surface area contributed by atoms with Crippen LogP contribution < -0.4 is 10.5 Å². The van der Waals surface area contributed by atoms with Crippen LogP contribution in [-0.4, -0.2) is 22.9 Å². The molecule has 0 bridgehead atoms. The Labute approximate surface area is 145 Å². The van der Waals surface area contributed by atoms with Crippen molar-refractivity contribution >= 4 is 34.6 Å². The molecule has 6 heteroatoms. The lowest BCUT2D eigenvalue weighted by Gasteiger charge is -2.22. The van der Waals surface area contributed by atoms with Gasteiger partial charge in [-0.1, -0.05) is 35.9 Å². The lowest BCUT2D eigenvalue weighted by molar-refractivity contribution is 0.371. The third-order valence-electron chi connectivity index (χ3n) is 3.81. The van der Waals surface area contributed by atoms with Gasteiger partial charge in [0.1, 0.15) is 5.75 Å². The number of rotatable bonds is 3. The minimum Gasteiger partial charge on any atom is -0.497 e. The highest BCUT2D eigenvalue weighted by molar-refractivity contribution is 7.80. The smallest absolute Gasteiger partial charge is 0.187 e. The fourth-order valence-electron chi connectivity index (χ4n) is 2.62. The zero-order valence-electron chi connectivity index (χ0n) is 12.6. The van der Waals surface area contributed by atoms with Crippen molar-refractivity contribution in [2.24, 2.45) is 10.8 Å². The van der Waals surface area contributed by atoms with Crippen LogP contribution in [0.4, 0.5) is 0 Å². The van der Waals surface area contributed by atoms with E-state index in [1.165, 1.54) is 0 Å². The average Bonchev–Trinajstić information content (AvgIpc) is 3.01. The van der Waals surface area contributed by atoms with Crippen molar-refractivity contribution in [3.05, 3.63) is 64.7 Å². The van der Waals surface area contributed by atoms with Gasteiger partial charge in [-0.3, -0.25) is 0 Å². The third kappa shape index (κ3) is 3.30. The number of thiocarbonyl (C=S) groups is 1. The Balaban J connectivity index is 1.90. The Kier molecular flexibility index (Phi) is 4.50. The number of ether oxygens (including phenoxy) is 1. The Morgan fingerprint density at radius 3 is 2.43 bits per heavy atom. The molecule has 0 unspecified atom stereocenters. The highest BCUT2D eigenvalue weighted by Gasteiger charge is 2.30. The lowest BCUT2D eigenvalue weighted by Crippen LogP contribution is -2.31. The molecule has 0 amide bonds. The van der Waals surface area contributed by atoms with Gasteiger partial charge in [0.2, 0.25) is 0 Å². The molecule has 0 aliphatic carbocycles.